The van der Waals surface area contributed by atoms with Crippen molar-refractivity contribution in [2.24, 2.45) is 0 Å². The number of benzene rings is 1. The second-order valence-corrected chi connectivity index (χ2v) is 5.32. The average molecular weight is 346 g/mol. The molecule has 0 aliphatic heterocycles. The molecule has 0 spiro atoms. The van der Waals surface area contributed by atoms with Gasteiger partial charge in [0.25, 0.3) is 5.91 Å². The van der Waals surface area contributed by atoms with E-state index in [-0.39, 0.29) is 18.1 Å². The Kier molecular flexibility index (Phi) is 5.48. The van der Waals surface area contributed by atoms with Crippen molar-refractivity contribution in [1.82, 2.24) is 15.1 Å². The maximum atomic E-state index is 12.1. The lowest BCUT2D eigenvalue weighted by Gasteiger charge is -2.07. The van der Waals surface area contributed by atoms with Gasteiger partial charge in [-0.3, -0.25) is 19.6 Å². The van der Waals surface area contributed by atoms with E-state index in [1.807, 2.05) is 0 Å². The molecule has 2 rings (SSSR count). The van der Waals surface area contributed by atoms with Crippen LogP contribution in [0.4, 0.5) is 5.69 Å². The number of aromatic nitrogens is 2. The number of nitrogens with zero attached hydrogens (tertiary/aromatic N) is 3. The molecule has 0 radical (unpaired) electrons. The second-order valence-electron chi connectivity index (χ2n) is 5.32. The van der Waals surface area contributed by atoms with Crippen molar-refractivity contribution in [1.29, 1.82) is 0 Å². The van der Waals surface area contributed by atoms with E-state index in [0.29, 0.717) is 29.1 Å². The molecule has 132 valence electrons. The lowest BCUT2D eigenvalue weighted by molar-refractivity contribution is -0.386. The number of methoxy groups -OCH3 is 1. The number of hydrogen-bond donors (Lipinski definition) is 1. The van der Waals surface area contributed by atoms with Gasteiger partial charge in [-0.2, -0.15) is 5.10 Å². The van der Waals surface area contributed by atoms with Crippen molar-refractivity contribution in [2.45, 2.75) is 20.4 Å². The van der Waals surface area contributed by atoms with Gasteiger partial charge in [0.1, 0.15) is 11.4 Å². The minimum Gasteiger partial charge on any atom is -0.465 e. The summed E-state index contributed by atoms with van der Waals surface area (Å²) in [5, 5.41) is 17.8. The number of amides is 1. The Hall–Kier alpha value is -3.23. The van der Waals surface area contributed by atoms with Crippen LogP contribution in [0.5, 0.6) is 0 Å². The summed E-state index contributed by atoms with van der Waals surface area (Å²) in [4.78, 5) is 33.9. The van der Waals surface area contributed by atoms with Gasteiger partial charge in [-0.05, 0) is 38.1 Å². The Labute approximate surface area is 143 Å². The summed E-state index contributed by atoms with van der Waals surface area (Å²) >= 11 is 0. The minimum absolute atomic E-state index is 0.00951. The zero-order valence-electron chi connectivity index (χ0n) is 14.1. The van der Waals surface area contributed by atoms with Crippen LogP contribution in [0.15, 0.2) is 24.3 Å². The standard InChI is InChI=1S/C16H18N4O5/c1-10-14(20(23)24)11(2)19(18-10)9-8-17-15(21)12-4-6-13(7-5-12)16(22)25-3/h4-7H,8-9H2,1-3H3,(H,17,21). The molecule has 0 saturated carbocycles. The fourth-order valence-electron chi connectivity index (χ4n) is 2.42. The lowest BCUT2D eigenvalue weighted by atomic mass is 10.1. The predicted molar refractivity (Wildman–Crippen MR) is 88.5 cm³/mol. The number of rotatable bonds is 6. The first-order chi connectivity index (χ1) is 11.8. The molecule has 1 amide bonds. The quantitative estimate of drug-likeness (QED) is 0.483. The summed E-state index contributed by atoms with van der Waals surface area (Å²) < 4.78 is 6.09. The van der Waals surface area contributed by atoms with Crippen molar-refractivity contribution >= 4 is 17.6 Å². The molecule has 25 heavy (non-hydrogen) atoms. The third kappa shape index (κ3) is 4.00. The van der Waals surface area contributed by atoms with E-state index in [1.165, 1.54) is 36.1 Å². The molecule has 0 aliphatic rings. The number of aryl methyl sites for hydroxylation is 1. The van der Waals surface area contributed by atoms with Crippen molar-refractivity contribution in [3.8, 4) is 0 Å². The minimum atomic E-state index is -0.474. The molecular weight excluding hydrogens is 328 g/mol. The van der Waals surface area contributed by atoms with Gasteiger partial charge < -0.3 is 10.1 Å². The summed E-state index contributed by atoms with van der Waals surface area (Å²) in [7, 11) is 1.28. The average Bonchev–Trinajstić information content (AvgIpc) is 2.88. The van der Waals surface area contributed by atoms with Crippen LogP contribution in [-0.4, -0.2) is 40.2 Å². The van der Waals surface area contributed by atoms with Gasteiger partial charge in [-0.1, -0.05) is 0 Å². The van der Waals surface area contributed by atoms with Crippen molar-refractivity contribution in [2.75, 3.05) is 13.7 Å². The molecule has 0 fully saturated rings. The number of nitrogens with one attached hydrogen (secondary N) is 1. The Morgan fingerprint density at radius 1 is 1.24 bits per heavy atom. The second kappa shape index (κ2) is 7.56. The van der Waals surface area contributed by atoms with E-state index >= 15 is 0 Å². The monoisotopic (exact) mass is 346 g/mol. The molecule has 0 bridgehead atoms. The van der Waals surface area contributed by atoms with E-state index in [1.54, 1.807) is 13.8 Å². The van der Waals surface area contributed by atoms with Gasteiger partial charge in [0.15, 0.2) is 0 Å². The summed E-state index contributed by atoms with van der Waals surface area (Å²) in [5.41, 5.74) is 1.53. The highest BCUT2D eigenvalue weighted by Crippen LogP contribution is 2.21. The molecular formula is C16H18N4O5. The Morgan fingerprint density at radius 2 is 1.84 bits per heavy atom. The molecule has 9 nitrogen and oxygen atoms in total. The van der Waals surface area contributed by atoms with E-state index in [9.17, 15) is 19.7 Å². The van der Waals surface area contributed by atoms with Crippen LogP contribution in [0.25, 0.3) is 0 Å². The Bertz CT molecular complexity index is 811. The number of nitro groups is 1. The van der Waals surface area contributed by atoms with Gasteiger partial charge in [0.2, 0.25) is 0 Å². The lowest BCUT2D eigenvalue weighted by Crippen LogP contribution is -2.27. The zero-order chi connectivity index (χ0) is 18.6. The third-order valence-electron chi connectivity index (χ3n) is 3.70. The normalized spacial score (nSPS) is 10.4. The first kappa shape index (κ1) is 18.1. The number of esters is 1. The van der Waals surface area contributed by atoms with Gasteiger partial charge in [0, 0.05) is 12.1 Å². The highest BCUT2D eigenvalue weighted by Gasteiger charge is 2.21. The molecule has 9 heteroatoms. The van der Waals surface area contributed by atoms with Crippen LogP contribution < -0.4 is 5.32 Å². The maximum absolute atomic E-state index is 12.1. The van der Waals surface area contributed by atoms with Gasteiger partial charge >= 0.3 is 11.7 Å². The largest absolute Gasteiger partial charge is 0.465 e. The molecule has 0 unspecified atom stereocenters. The summed E-state index contributed by atoms with van der Waals surface area (Å²) in [6.07, 6.45) is 0. The topological polar surface area (TPSA) is 116 Å². The molecule has 1 aromatic carbocycles. The van der Waals surface area contributed by atoms with E-state index in [4.69, 9.17) is 0 Å². The molecule has 0 saturated heterocycles. The van der Waals surface area contributed by atoms with E-state index in [2.05, 4.69) is 15.2 Å². The molecule has 1 heterocycles. The smallest absolute Gasteiger partial charge is 0.337 e. The van der Waals surface area contributed by atoms with Crippen LogP contribution in [0, 0.1) is 24.0 Å². The van der Waals surface area contributed by atoms with Crippen LogP contribution >= 0.6 is 0 Å². The van der Waals surface area contributed by atoms with Gasteiger partial charge in [0.05, 0.1) is 24.1 Å². The molecule has 1 N–H and O–H groups in total. The zero-order valence-corrected chi connectivity index (χ0v) is 14.1. The number of ether oxygens (including phenoxy) is 1. The first-order valence-corrected chi connectivity index (χ1v) is 7.50. The van der Waals surface area contributed by atoms with Gasteiger partial charge in [-0.25, -0.2) is 4.79 Å². The van der Waals surface area contributed by atoms with Crippen molar-refractivity contribution in [3.63, 3.8) is 0 Å². The molecule has 0 aliphatic carbocycles. The third-order valence-corrected chi connectivity index (χ3v) is 3.70. The van der Waals surface area contributed by atoms with Crippen molar-refractivity contribution < 1.29 is 19.2 Å². The summed E-state index contributed by atoms with van der Waals surface area (Å²) in [5.74, 6) is -0.787. The Morgan fingerprint density at radius 3 is 2.36 bits per heavy atom. The van der Waals surface area contributed by atoms with E-state index in [0.717, 1.165) is 0 Å². The van der Waals surface area contributed by atoms with Crippen LogP contribution in [0.2, 0.25) is 0 Å². The number of carbonyl (C=O) groups excluding carboxylic acids is 2. The number of hydrogen-bond acceptors (Lipinski definition) is 6. The molecule has 1 aromatic heterocycles. The highest BCUT2D eigenvalue weighted by molar-refractivity contribution is 5.96. The fourth-order valence-corrected chi connectivity index (χ4v) is 2.42. The maximum Gasteiger partial charge on any atom is 0.337 e. The van der Waals surface area contributed by atoms with E-state index < -0.39 is 10.9 Å². The van der Waals surface area contributed by atoms with Gasteiger partial charge in [-0.15, -0.1) is 0 Å². The Balaban J connectivity index is 1.96. The molecule has 0 atom stereocenters. The number of carbonyl (C=O) groups is 2. The SMILES string of the molecule is COC(=O)c1ccc(C(=O)NCCn2nc(C)c([N+](=O)[O-])c2C)cc1. The first-order valence-electron chi connectivity index (χ1n) is 7.50. The highest BCUT2D eigenvalue weighted by atomic mass is 16.6. The van der Waals surface area contributed by atoms with Crippen molar-refractivity contribution in [3.05, 3.63) is 56.9 Å². The predicted octanol–water partition coefficient (Wildman–Crippen LogP) is 1.62. The van der Waals surface area contributed by atoms with Crippen LogP contribution in [0.1, 0.15) is 32.1 Å². The fraction of sp³-hybridized carbons (Fsp3) is 0.312. The molecule has 2 aromatic rings. The van der Waals surface area contributed by atoms with Crippen LogP contribution in [-0.2, 0) is 11.3 Å². The van der Waals surface area contributed by atoms with Crippen LogP contribution in [0.3, 0.4) is 0 Å². The summed E-state index contributed by atoms with van der Waals surface area (Å²) in [6.45, 7) is 3.76. The summed E-state index contributed by atoms with van der Waals surface area (Å²) in [6, 6.07) is 6.06.